The molecule has 5 N–H and O–H groups in total. The van der Waals surface area contributed by atoms with E-state index in [9.17, 15) is 30.0 Å². The summed E-state index contributed by atoms with van der Waals surface area (Å²) in [6.07, 6.45) is -11.0. The van der Waals surface area contributed by atoms with Gasteiger partial charge in [0.2, 0.25) is 5.91 Å². The second-order valence-electron chi connectivity index (χ2n) is 8.62. The molecule has 2 rings (SSSR count). The lowest BCUT2D eigenvalue weighted by molar-refractivity contribution is -0.329. The van der Waals surface area contributed by atoms with E-state index in [1.165, 1.54) is 6.92 Å². The highest BCUT2D eigenvalue weighted by atomic mass is 16.7. The molecule has 1 amide bonds. The molecule has 0 bridgehead atoms. The molecule has 11 nitrogen and oxygen atoms in total. The number of nitrogens with one attached hydrogen (secondary N) is 1. The van der Waals surface area contributed by atoms with Crippen molar-refractivity contribution in [1.82, 2.24) is 5.32 Å². The van der Waals surface area contributed by atoms with Crippen LogP contribution in [0.5, 0.6) is 0 Å². The third kappa shape index (κ3) is 5.99. The molecule has 2 fully saturated rings. The number of rotatable bonds is 8. The Morgan fingerprint density at radius 1 is 1.06 bits per heavy atom. The molecule has 11 heteroatoms. The van der Waals surface area contributed by atoms with Gasteiger partial charge in [-0.2, -0.15) is 0 Å². The van der Waals surface area contributed by atoms with Crippen LogP contribution in [0.25, 0.3) is 0 Å². The molecule has 0 radical (unpaired) electrons. The molecule has 0 aromatic rings. The summed E-state index contributed by atoms with van der Waals surface area (Å²) in [6, 6.07) is -0.845. The smallest absolute Gasteiger partial charge is 0.217 e. The van der Waals surface area contributed by atoms with E-state index in [4.69, 9.17) is 18.9 Å². The van der Waals surface area contributed by atoms with Crippen molar-refractivity contribution in [1.29, 1.82) is 0 Å². The van der Waals surface area contributed by atoms with Gasteiger partial charge in [0.25, 0.3) is 0 Å². The van der Waals surface area contributed by atoms with Crippen molar-refractivity contribution in [3.05, 3.63) is 0 Å². The van der Waals surface area contributed by atoms with Crippen LogP contribution in [0.15, 0.2) is 0 Å². The maximum Gasteiger partial charge on any atom is 0.217 e. The summed E-state index contributed by atoms with van der Waals surface area (Å²) in [4.78, 5) is 23.3. The standard InChI is InChI=1S/C20H35NO10/c1-8(2)17-13(21-10(5)24)19(14(25)11(6-22)29-17)31-20-16(27)15(26)18(28-9(3)4)12(7-23)30-20/h7-9,11-20,22,25-27H,6H2,1-5H3,(H,21,24). The summed E-state index contributed by atoms with van der Waals surface area (Å²) in [5.41, 5.74) is 0. The Balaban J connectivity index is 2.30. The predicted octanol–water partition coefficient (Wildman–Crippen LogP) is -1.91. The molecule has 31 heavy (non-hydrogen) atoms. The third-order valence-corrected chi connectivity index (χ3v) is 5.40. The molecule has 0 spiro atoms. The zero-order valence-corrected chi connectivity index (χ0v) is 18.5. The number of hydrogen-bond donors (Lipinski definition) is 5. The summed E-state index contributed by atoms with van der Waals surface area (Å²) in [5.74, 6) is -0.525. The molecule has 0 aromatic heterocycles. The maximum atomic E-state index is 11.8. The van der Waals surface area contributed by atoms with Gasteiger partial charge in [-0.1, -0.05) is 13.8 Å². The van der Waals surface area contributed by atoms with E-state index < -0.39 is 73.7 Å². The Bertz CT molecular complexity index is 603. The van der Waals surface area contributed by atoms with E-state index in [2.05, 4.69) is 5.32 Å². The first-order valence-corrected chi connectivity index (χ1v) is 10.5. The highest BCUT2D eigenvalue weighted by molar-refractivity contribution is 5.73. The van der Waals surface area contributed by atoms with Gasteiger partial charge in [0, 0.05) is 6.92 Å². The van der Waals surface area contributed by atoms with Crippen molar-refractivity contribution < 1.29 is 49.0 Å². The fourth-order valence-corrected chi connectivity index (χ4v) is 3.98. The highest BCUT2D eigenvalue weighted by Gasteiger charge is 2.52. The first kappa shape index (κ1) is 26.1. The van der Waals surface area contributed by atoms with E-state index in [0.29, 0.717) is 6.29 Å². The first-order valence-electron chi connectivity index (χ1n) is 10.5. The van der Waals surface area contributed by atoms with Crippen molar-refractivity contribution in [3.63, 3.8) is 0 Å². The van der Waals surface area contributed by atoms with Crippen LogP contribution < -0.4 is 5.32 Å². The zero-order chi connectivity index (χ0) is 23.5. The minimum absolute atomic E-state index is 0.126. The molecule has 2 saturated heterocycles. The summed E-state index contributed by atoms with van der Waals surface area (Å²) in [5, 5.41) is 44.1. The Labute approximate surface area is 181 Å². The average Bonchev–Trinajstić information content (AvgIpc) is 2.69. The molecular weight excluding hydrogens is 414 g/mol. The third-order valence-electron chi connectivity index (χ3n) is 5.40. The van der Waals surface area contributed by atoms with Crippen molar-refractivity contribution in [2.75, 3.05) is 6.61 Å². The van der Waals surface area contributed by atoms with Gasteiger partial charge >= 0.3 is 0 Å². The minimum atomic E-state index is -1.60. The van der Waals surface area contributed by atoms with Gasteiger partial charge in [0.1, 0.15) is 42.7 Å². The van der Waals surface area contributed by atoms with E-state index in [1.807, 2.05) is 13.8 Å². The molecule has 0 aliphatic carbocycles. The second kappa shape index (κ2) is 11.1. The highest BCUT2D eigenvalue weighted by Crippen LogP contribution is 2.32. The lowest BCUT2D eigenvalue weighted by Gasteiger charge is -2.48. The van der Waals surface area contributed by atoms with Crippen molar-refractivity contribution >= 4 is 12.2 Å². The minimum Gasteiger partial charge on any atom is -0.394 e. The molecule has 2 aliphatic rings. The molecule has 0 aromatic carbocycles. The lowest BCUT2D eigenvalue weighted by atomic mass is 9.87. The molecule has 0 saturated carbocycles. The van der Waals surface area contributed by atoms with E-state index in [0.717, 1.165) is 0 Å². The van der Waals surface area contributed by atoms with Gasteiger partial charge in [-0.3, -0.25) is 4.79 Å². The van der Waals surface area contributed by atoms with E-state index >= 15 is 0 Å². The number of aliphatic hydroxyl groups excluding tert-OH is 4. The summed E-state index contributed by atoms with van der Waals surface area (Å²) >= 11 is 0. The Morgan fingerprint density at radius 2 is 1.71 bits per heavy atom. The van der Waals surface area contributed by atoms with Crippen LogP contribution >= 0.6 is 0 Å². The normalized spacial score (nSPS) is 41.4. The Hall–Kier alpha value is -1.18. The zero-order valence-electron chi connectivity index (χ0n) is 18.5. The molecule has 2 aliphatic heterocycles. The van der Waals surface area contributed by atoms with Crippen molar-refractivity contribution in [2.24, 2.45) is 5.92 Å². The van der Waals surface area contributed by atoms with Crippen LogP contribution in [-0.4, -0.2) is 106 Å². The van der Waals surface area contributed by atoms with Gasteiger partial charge in [0.05, 0.1) is 24.9 Å². The van der Waals surface area contributed by atoms with Crippen LogP contribution in [0, 0.1) is 5.92 Å². The lowest BCUT2D eigenvalue weighted by Crippen LogP contribution is -2.68. The quantitative estimate of drug-likeness (QED) is 0.264. The van der Waals surface area contributed by atoms with Gasteiger partial charge in [-0.25, -0.2) is 0 Å². The Kier molecular flexibility index (Phi) is 9.34. The van der Waals surface area contributed by atoms with Crippen LogP contribution in [0.1, 0.15) is 34.6 Å². The fourth-order valence-electron chi connectivity index (χ4n) is 3.98. The largest absolute Gasteiger partial charge is 0.394 e. The number of amides is 1. The first-order chi connectivity index (χ1) is 14.5. The van der Waals surface area contributed by atoms with E-state index in [1.54, 1.807) is 13.8 Å². The van der Waals surface area contributed by atoms with E-state index in [-0.39, 0.29) is 12.0 Å². The van der Waals surface area contributed by atoms with Gasteiger partial charge in [0.15, 0.2) is 12.6 Å². The predicted molar refractivity (Wildman–Crippen MR) is 106 cm³/mol. The molecule has 2 heterocycles. The number of aldehydes is 1. The monoisotopic (exact) mass is 449 g/mol. The van der Waals surface area contributed by atoms with Crippen LogP contribution in [0.4, 0.5) is 0 Å². The topological polar surface area (TPSA) is 164 Å². The van der Waals surface area contributed by atoms with Gasteiger partial charge in [-0.05, 0) is 19.8 Å². The van der Waals surface area contributed by atoms with Gasteiger partial charge in [-0.15, -0.1) is 0 Å². The number of carbonyl (C=O) groups is 2. The summed E-state index contributed by atoms with van der Waals surface area (Å²) in [7, 11) is 0. The van der Waals surface area contributed by atoms with Gasteiger partial charge < -0.3 is 49.5 Å². The second-order valence-corrected chi connectivity index (χ2v) is 8.62. The molecular formula is C20H35NO10. The number of carbonyl (C=O) groups excluding carboxylic acids is 2. The molecule has 10 unspecified atom stereocenters. The molecule has 180 valence electrons. The summed E-state index contributed by atoms with van der Waals surface area (Å²) < 4.78 is 22.7. The summed E-state index contributed by atoms with van der Waals surface area (Å²) in [6.45, 7) is 7.89. The maximum absolute atomic E-state index is 11.8. The number of ether oxygens (including phenoxy) is 4. The number of hydrogen-bond acceptors (Lipinski definition) is 10. The Morgan fingerprint density at radius 3 is 2.19 bits per heavy atom. The van der Waals surface area contributed by atoms with Crippen LogP contribution in [0.3, 0.4) is 0 Å². The average molecular weight is 449 g/mol. The fraction of sp³-hybridized carbons (Fsp3) is 0.900. The van der Waals surface area contributed by atoms with Crippen molar-refractivity contribution in [2.45, 2.75) is 102 Å². The SMILES string of the molecule is CC(=O)NC1C(C(C)C)OC(CO)C(O)C1OC1OC(C=O)C(OC(C)C)C(O)C1O. The number of aliphatic hydroxyl groups is 4. The van der Waals surface area contributed by atoms with Crippen molar-refractivity contribution in [3.8, 4) is 0 Å². The van der Waals surface area contributed by atoms with Crippen LogP contribution in [-0.2, 0) is 28.5 Å². The molecule has 10 atom stereocenters. The van der Waals surface area contributed by atoms with Crippen LogP contribution in [0.2, 0.25) is 0 Å².